The maximum Gasteiger partial charge on any atom is 0.308 e. The van der Waals surface area contributed by atoms with Gasteiger partial charge in [-0.1, -0.05) is 35.8 Å². The Balaban J connectivity index is 2.01. The number of hydrogen-bond acceptors (Lipinski definition) is 4. The molecule has 1 aromatic carbocycles. The number of rotatable bonds is 5. The molecular weight excluding hydrogens is 434 g/mol. The van der Waals surface area contributed by atoms with Crippen LogP contribution in [0.25, 0.3) is 0 Å². The van der Waals surface area contributed by atoms with Gasteiger partial charge in [-0.05, 0) is 69.2 Å². The van der Waals surface area contributed by atoms with Crippen molar-refractivity contribution in [1.29, 1.82) is 0 Å². The molecule has 1 amide bonds. The molecule has 1 aliphatic carbocycles. The van der Waals surface area contributed by atoms with Gasteiger partial charge in [-0.25, -0.2) is 0 Å². The fourth-order valence-corrected chi connectivity index (χ4v) is 5.16. The highest BCUT2D eigenvalue weighted by atomic mass is 79.9. The van der Waals surface area contributed by atoms with Crippen LogP contribution in [0, 0.1) is 19.8 Å². The topological polar surface area (TPSA) is 64.6 Å². The molecule has 2 aliphatic rings. The van der Waals surface area contributed by atoms with Crippen molar-refractivity contribution in [1.82, 2.24) is 5.32 Å². The van der Waals surface area contributed by atoms with Gasteiger partial charge in [0.2, 0.25) is 5.91 Å². The standard InChI is InChI=1S/C23H32BrNO4/c1-6-28-16-9-11-23(12-10-16)20(29-22(27)13(2)3)19(21(26)25-23)18-14(4)7-8-17(24)15(18)5/h7-8,13,16,19-20H,6,9-12H2,1-5H3,(H,25,26). The van der Waals surface area contributed by atoms with Crippen LogP contribution in [0.2, 0.25) is 0 Å². The van der Waals surface area contributed by atoms with E-state index in [0.29, 0.717) is 6.61 Å². The lowest BCUT2D eigenvalue weighted by atomic mass is 9.73. The second-order valence-electron chi connectivity index (χ2n) is 8.69. The molecule has 1 aliphatic heterocycles. The van der Waals surface area contributed by atoms with Gasteiger partial charge >= 0.3 is 5.97 Å². The van der Waals surface area contributed by atoms with Crippen LogP contribution in [0.4, 0.5) is 0 Å². The number of halogens is 1. The van der Waals surface area contributed by atoms with Crippen molar-refractivity contribution in [3.8, 4) is 0 Å². The molecule has 2 atom stereocenters. The third-order valence-electron chi connectivity index (χ3n) is 6.42. The van der Waals surface area contributed by atoms with Gasteiger partial charge in [-0.3, -0.25) is 9.59 Å². The highest BCUT2D eigenvalue weighted by Gasteiger charge is 2.57. The fourth-order valence-electron chi connectivity index (χ4n) is 4.81. The highest BCUT2D eigenvalue weighted by molar-refractivity contribution is 9.10. The summed E-state index contributed by atoms with van der Waals surface area (Å²) < 4.78 is 12.8. The Labute approximate surface area is 182 Å². The van der Waals surface area contributed by atoms with E-state index < -0.39 is 17.6 Å². The molecule has 1 aromatic rings. The van der Waals surface area contributed by atoms with E-state index in [2.05, 4.69) is 21.2 Å². The molecule has 1 saturated carbocycles. The van der Waals surface area contributed by atoms with E-state index in [9.17, 15) is 9.59 Å². The first-order chi connectivity index (χ1) is 13.7. The predicted molar refractivity (Wildman–Crippen MR) is 116 cm³/mol. The number of carbonyl (C=O) groups excluding carboxylic acids is 2. The number of aryl methyl sites for hydroxylation is 1. The zero-order valence-electron chi connectivity index (χ0n) is 18.0. The molecule has 0 radical (unpaired) electrons. The molecular formula is C23H32BrNO4. The molecule has 3 rings (SSSR count). The van der Waals surface area contributed by atoms with E-state index in [1.807, 2.05) is 46.8 Å². The molecule has 1 N–H and O–H groups in total. The van der Waals surface area contributed by atoms with Crippen LogP contribution < -0.4 is 5.32 Å². The van der Waals surface area contributed by atoms with Gasteiger partial charge in [-0.2, -0.15) is 0 Å². The highest BCUT2D eigenvalue weighted by Crippen LogP contribution is 2.46. The Morgan fingerprint density at radius 3 is 2.52 bits per heavy atom. The Morgan fingerprint density at radius 1 is 1.28 bits per heavy atom. The second-order valence-corrected chi connectivity index (χ2v) is 9.55. The SMILES string of the molecule is CCOC1CCC2(CC1)NC(=O)C(c1c(C)ccc(Br)c1C)C2OC(=O)C(C)C. The molecule has 6 heteroatoms. The predicted octanol–water partition coefficient (Wildman–Crippen LogP) is 4.57. The quantitative estimate of drug-likeness (QED) is 0.646. The largest absolute Gasteiger partial charge is 0.458 e. The van der Waals surface area contributed by atoms with E-state index in [4.69, 9.17) is 9.47 Å². The van der Waals surface area contributed by atoms with E-state index in [-0.39, 0.29) is 23.9 Å². The molecule has 29 heavy (non-hydrogen) atoms. The summed E-state index contributed by atoms with van der Waals surface area (Å²) in [5, 5.41) is 3.26. The maximum absolute atomic E-state index is 13.3. The summed E-state index contributed by atoms with van der Waals surface area (Å²) in [6.45, 7) is 10.4. The molecule has 0 bridgehead atoms. The monoisotopic (exact) mass is 465 g/mol. The van der Waals surface area contributed by atoms with Crippen LogP contribution in [0.5, 0.6) is 0 Å². The number of nitrogens with one attached hydrogen (secondary N) is 1. The van der Waals surface area contributed by atoms with Crippen molar-refractivity contribution in [2.45, 2.75) is 84.0 Å². The molecule has 2 fully saturated rings. The number of amides is 1. The van der Waals surface area contributed by atoms with Crippen molar-refractivity contribution >= 4 is 27.8 Å². The van der Waals surface area contributed by atoms with Gasteiger partial charge in [0, 0.05) is 11.1 Å². The van der Waals surface area contributed by atoms with Crippen molar-refractivity contribution in [2.75, 3.05) is 6.61 Å². The molecule has 1 heterocycles. The number of benzene rings is 1. The Morgan fingerprint density at radius 2 is 1.93 bits per heavy atom. The van der Waals surface area contributed by atoms with Gasteiger partial charge in [0.15, 0.2) is 0 Å². The van der Waals surface area contributed by atoms with Gasteiger partial charge in [-0.15, -0.1) is 0 Å². The van der Waals surface area contributed by atoms with E-state index in [1.165, 1.54) is 0 Å². The average molecular weight is 466 g/mol. The van der Waals surface area contributed by atoms with Gasteiger partial charge < -0.3 is 14.8 Å². The molecule has 0 aromatic heterocycles. The first-order valence-corrected chi connectivity index (χ1v) is 11.4. The summed E-state index contributed by atoms with van der Waals surface area (Å²) in [5.74, 6) is -1.05. The summed E-state index contributed by atoms with van der Waals surface area (Å²) in [5.41, 5.74) is 2.50. The molecule has 1 spiro atoms. The first kappa shape index (κ1) is 22.3. The lowest BCUT2D eigenvalue weighted by Gasteiger charge is -2.41. The third kappa shape index (κ3) is 4.24. The van der Waals surface area contributed by atoms with E-state index in [1.54, 1.807) is 0 Å². The molecule has 5 nitrogen and oxygen atoms in total. The molecule has 2 unspecified atom stereocenters. The molecule has 160 valence electrons. The minimum absolute atomic E-state index is 0.0503. The van der Waals surface area contributed by atoms with Gasteiger partial charge in [0.05, 0.1) is 17.6 Å². The first-order valence-electron chi connectivity index (χ1n) is 10.6. The van der Waals surface area contributed by atoms with Crippen LogP contribution >= 0.6 is 15.9 Å². The average Bonchev–Trinajstić information content (AvgIpc) is 2.92. The summed E-state index contributed by atoms with van der Waals surface area (Å²) in [6, 6.07) is 4.01. The van der Waals surface area contributed by atoms with Crippen LogP contribution in [-0.4, -0.2) is 36.2 Å². The smallest absolute Gasteiger partial charge is 0.308 e. The van der Waals surface area contributed by atoms with E-state index in [0.717, 1.165) is 46.8 Å². The number of hydrogen-bond donors (Lipinski definition) is 1. The minimum atomic E-state index is -0.527. The van der Waals surface area contributed by atoms with Crippen LogP contribution in [-0.2, 0) is 19.1 Å². The van der Waals surface area contributed by atoms with Crippen molar-refractivity contribution in [3.63, 3.8) is 0 Å². The Kier molecular flexibility index (Phi) is 6.74. The fraction of sp³-hybridized carbons (Fsp3) is 0.652. The third-order valence-corrected chi connectivity index (χ3v) is 7.28. The summed E-state index contributed by atoms with van der Waals surface area (Å²) in [7, 11) is 0. The van der Waals surface area contributed by atoms with Crippen molar-refractivity contribution in [2.24, 2.45) is 5.92 Å². The van der Waals surface area contributed by atoms with Crippen LogP contribution in [0.15, 0.2) is 16.6 Å². The van der Waals surface area contributed by atoms with Gasteiger partial charge in [0.25, 0.3) is 0 Å². The summed E-state index contributed by atoms with van der Waals surface area (Å²) in [4.78, 5) is 25.9. The summed E-state index contributed by atoms with van der Waals surface area (Å²) in [6.07, 6.45) is 2.90. The van der Waals surface area contributed by atoms with Crippen molar-refractivity contribution in [3.05, 3.63) is 33.3 Å². The van der Waals surface area contributed by atoms with E-state index >= 15 is 0 Å². The number of esters is 1. The Bertz CT molecular complexity index is 783. The number of ether oxygens (including phenoxy) is 2. The van der Waals surface area contributed by atoms with Crippen molar-refractivity contribution < 1.29 is 19.1 Å². The summed E-state index contributed by atoms with van der Waals surface area (Å²) >= 11 is 3.60. The zero-order chi connectivity index (χ0) is 21.3. The van der Waals surface area contributed by atoms with Crippen LogP contribution in [0.1, 0.15) is 69.1 Å². The number of carbonyl (C=O) groups is 2. The second kappa shape index (κ2) is 8.76. The van der Waals surface area contributed by atoms with Gasteiger partial charge in [0.1, 0.15) is 12.0 Å². The maximum atomic E-state index is 13.3. The normalized spacial score (nSPS) is 29.3. The lowest BCUT2D eigenvalue weighted by molar-refractivity contribution is -0.158. The zero-order valence-corrected chi connectivity index (χ0v) is 19.6. The molecule has 1 saturated heterocycles. The Hall–Kier alpha value is -1.40. The lowest BCUT2D eigenvalue weighted by Crippen LogP contribution is -2.53. The van der Waals surface area contributed by atoms with Crippen LogP contribution in [0.3, 0.4) is 0 Å². The minimum Gasteiger partial charge on any atom is -0.458 e.